The number of benzene rings is 4. The second-order valence-electron chi connectivity index (χ2n) is 8.15. The quantitative estimate of drug-likeness (QED) is 0.121. The van der Waals surface area contributed by atoms with Crippen molar-refractivity contribution in [2.45, 2.75) is 10.9 Å². The number of nitrogens with zero attached hydrogens (tertiary/aromatic N) is 2. The highest BCUT2D eigenvalue weighted by molar-refractivity contribution is 7.98. The van der Waals surface area contributed by atoms with Crippen molar-refractivity contribution in [3.63, 3.8) is 0 Å². The normalized spacial score (nSPS) is 11.5. The molecular formula is C29H18Cl2F2N2OS. The Hall–Kier alpha value is -3.45. The molecule has 0 spiro atoms. The molecule has 0 amide bonds. The van der Waals surface area contributed by atoms with Crippen molar-refractivity contribution >= 4 is 58.0 Å². The minimum absolute atomic E-state index is 0.0752. The van der Waals surface area contributed by atoms with Gasteiger partial charge in [0.05, 0.1) is 26.6 Å². The lowest BCUT2D eigenvalue weighted by molar-refractivity contribution is 0.625. The predicted octanol–water partition coefficient (Wildman–Crippen LogP) is 8.43. The van der Waals surface area contributed by atoms with E-state index in [-0.39, 0.29) is 16.4 Å². The van der Waals surface area contributed by atoms with Gasteiger partial charge in [-0.25, -0.2) is 13.8 Å². The highest BCUT2D eigenvalue weighted by Gasteiger charge is 2.15. The van der Waals surface area contributed by atoms with E-state index in [0.717, 1.165) is 11.1 Å². The first kappa shape index (κ1) is 25.2. The number of thioether (sulfide) groups is 1. The van der Waals surface area contributed by atoms with Crippen LogP contribution in [0.4, 0.5) is 8.78 Å². The van der Waals surface area contributed by atoms with Crippen molar-refractivity contribution in [2.75, 3.05) is 0 Å². The fourth-order valence-electron chi connectivity index (χ4n) is 3.78. The van der Waals surface area contributed by atoms with Crippen LogP contribution in [0.15, 0.2) is 94.9 Å². The molecule has 1 aromatic heterocycles. The summed E-state index contributed by atoms with van der Waals surface area (Å²) in [6, 6.07) is 23.6. The third kappa shape index (κ3) is 5.47. The molecule has 184 valence electrons. The average Bonchev–Trinajstić information content (AvgIpc) is 2.90. The van der Waals surface area contributed by atoms with E-state index >= 15 is 0 Å². The van der Waals surface area contributed by atoms with E-state index in [9.17, 15) is 13.6 Å². The van der Waals surface area contributed by atoms with Crippen LogP contribution in [-0.4, -0.2) is 9.55 Å². The maximum Gasteiger partial charge on any atom is 0.266 e. The Bertz CT molecular complexity index is 1680. The van der Waals surface area contributed by atoms with E-state index in [1.807, 2.05) is 30.3 Å². The Morgan fingerprint density at radius 3 is 2.38 bits per heavy atom. The van der Waals surface area contributed by atoms with Crippen molar-refractivity contribution in [3.8, 4) is 5.69 Å². The maximum atomic E-state index is 14.0. The number of para-hydroxylation sites is 1. The van der Waals surface area contributed by atoms with Gasteiger partial charge >= 0.3 is 0 Å². The van der Waals surface area contributed by atoms with Crippen molar-refractivity contribution in [3.05, 3.63) is 134 Å². The molecule has 0 saturated heterocycles. The fraction of sp³-hybridized carbons (Fsp3) is 0.0345. The van der Waals surface area contributed by atoms with E-state index in [4.69, 9.17) is 28.2 Å². The molecule has 0 fully saturated rings. The van der Waals surface area contributed by atoms with Crippen LogP contribution in [0.5, 0.6) is 0 Å². The van der Waals surface area contributed by atoms with Gasteiger partial charge in [0.15, 0.2) is 5.16 Å². The second kappa shape index (κ2) is 10.9. The molecule has 1 heterocycles. The summed E-state index contributed by atoms with van der Waals surface area (Å²) in [6.45, 7) is 0. The molecule has 0 radical (unpaired) electrons. The Labute approximate surface area is 226 Å². The van der Waals surface area contributed by atoms with Crippen LogP contribution >= 0.6 is 35.0 Å². The molecule has 5 rings (SSSR count). The molecule has 0 bridgehead atoms. The monoisotopic (exact) mass is 550 g/mol. The first-order valence-corrected chi connectivity index (χ1v) is 13.0. The van der Waals surface area contributed by atoms with Crippen molar-refractivity contribution in [2.24, 2.45) is 0 Å². The van der Waals surface area contributed by atoms with Crippen molar-refractivity contribution in [1.82, 2.24) is 9.55 Å². The molecule has 4 aromatic carbocycles. The number of rotatable bonds is 6. The highest BCUT2D eigenvalue weighted by atomic mass is 35.5. The number of fused-ring (bicyclic) bond motifs is 1. The summed E-state index contributed by atoms with van der Waals surface area (Å²) < 4.78 is 29.3. The molecule has 0 saturated carbocycles. The van der Waals surface area contributed by atoms with Crippen LogP contribution in [0.3, 0.4) is 0 Å². The summed E-state index contributed by atoms with van der Waals surface area (Å²) in [7, 11) is 0. The summed E-state index contributed by atoms with van der Waals surface area (Å²) in [4.78, 5) is 18.1. The zero-order valence-corrected chi connectivity index (χ0v) is 21.5. The molecule has 0 unspecified atom stereocenters. The van der Waals surface area contributed by atoms with Crippen molar-refractivity contribution in [1.29, 1.82) is 0 Å². The first-order valence-electron chi connectivity index (χ1n) is 11.2. The summed E-state index contributed by atoms with van der Waals surface area (Å²) in [6.07, 6.45) is 3.44. The van der Waals surface area contributed by atoms with Crippen LogP contribution < -0.4 is 5.56 Å². The molecule has 0 N–H and O–H groups in total. The Morgan fingerprint density at radius 1 is 0.838 bits per heavy atom. The molecule has 8 heteroatoms. The van der Waals surface area contributed by atoms with Gasteiger partial charge in [-0.05, 0) is 59.7 Å². The van der Waals surface area contributed by atoms with E-state index in [1.165, 1.54) is 40.6 Å². The minimum Gasteiger partial charge on any atom is -0.268 e. The molecule has 5 aromatic rings. The van der Waals surface area contributed by atoms with E-state index in [1.54, 1.807) is 42.5 Å². The van der Waals surface area contributed by atoms with Gasteiger partial charge in [0.1, 0.15) is 11.6 Å². The SMILES string of the molecule is O=c1c2ccccc2nc(SCc2ccc(C=Cc3c(F)cccc3Cl)cc2)n1-c1ccc(F)c(Cl)c1. The first-order chi connectivity index (χ1) is 17.9. The molecule has 3 nitrogen and oxygen atoms in total. The summed E-state index contributed by atoms with van der Waals surface area (Å²) in [5.74, 6) is -0.413. The lowest BCUT2D eigenvalue weighted by Gasteiger charge is -2.14. The molecule has 0 aliphatic carbocycles. The summed E-state index contributed by atoms with van der Waals surface area (Å²) in [5.41, 5.74) is 2.97. The molecule has 0 atom stereocenters. The minimum atomic E-state index is -0.562. The van der Waals surface area contributed by atoms with E-state index < -0.39 is 5.82 Å². The van der Waals surface area contributed by atoms with Crippen LogP contribution in [-0.2, 0) is 5.75 Å². The van der Waals surface area contributed by atoms with E-state index in [2.05, 4.69) is 0 Å². The van der Waals surface area contributed by atoms with Crippen LogP contribution in [0.1, 0.15) is 16.7 Å². The van der Waals surface area contributed by atoms with E-state index in [0.29, 0.717) is 38.1 Å². The van der Waals surface area contributed by atoms with Gasteiger partial charge in [0, 0.05) is 11.3 Å². The number of hydrogen-bond donors (Lipinski definition) is 0. The topological polar surface area (TPSA) is 34.9 Å². The van der Waals surface area contributed by atoms with Crippen LogP contribution in [0.2, 0.25) is 10.0 Å². The summed E-state index contributed by atoms with van der Waals surface area (Å²) >= 11 is 13.5. The third-order valence-electron chi connectivity index (χ3n) is 5.70. The molecule has 0 aliphatic heterocycles. The Kier molecular flexibility index (Phi) is 7.42. The molecular weight excluding hydrogens is 533 g/mol. The lowest BCUT2D eigenvalue weighted by Crippen LogP contribution is -2.21. The van der Waals surface area contributed by atoms with Gasteiger partial charge in [0.2, 0.25) is 0 Å². The van der Waals surface area contributed by atoms with Gasteiger partial charge in [0.25, 0.3) is 5.56 Å². The molecule has 37 heavy (non-hydrogen) atoms. The van der Waals surface area contributed by atoms with Gasteiger partial charge in [-0.1, -0.05) is 83.5 Å². The van der Waals surface area contributed by atoms with Gasteiger partial charge < -0.3 is 0 Å². The number of hydrogen-bond acceptors (Lipinski definition) is 3. The smallest absolute Gasteiger partial charge is 0.266 e. The van der Waals surface area contributed by atoms with Crippen LogP contribution in [0, 0.1) is 11.6 Å². The fourth-order valence-corrected chi connectivity index (χ4v) is 5.15. The van der Waals surface area contributed by atoms with Gasteiger partial charge in [-0.15, -0.1) is 0 Å². The zero-order chi connectivity index (χ0) is 25.9. The third-order valence-corrected chi connectivity index (χ3v) is 7.33. The summed E-state index contributed by atoms with van der Waals surface area (Å²) in [5, 5.41) is 1.19. The molecule has 0 aliphatic rings. The van der Waals surface area contributed by atoms with Gasteiger partial charge in [-0.3, -0.25) is 9.36 Å². The van der Waals surface area contributed by atoms with Crippen LogP contribution in [0.25, 0.3) is 28.7 Å². The maximum absolute atomic E-state index is 14.0. The number of halogens is 4. The van der Waals surface area contributed by atoms with Gasteiger partial charge in [-0.2, -0.15) is 0 Å². The second-order valence-corrected chi connectivity index (χ2v) is 9.91. The average molecular weight is 551 g/mol. The zero-order valence-electron chi connectivity index (χ0n) is 19.2. The highest BCUT2D eigenvalue weighted by Crippen LogP contribution is 2.27. The largest absolute Gasteiger partial charge is 0.268 e. The predicted molar refractivity (Wildman–Crippen MR) is 149 cm³/mol. The Balaban J connectivity index is 1.42. The number of aromatic nitrogens is 2. The Morgan fingerprint density at radius 2 is 1.62 bits per heavy atom. The standard InChI is InChI=1S/C29H18Cl2F2N2OS/c30-23-5-3-6-25(32)21(23)14-12-18-8-10-19(11-9-18)17-37-29-34-27-7-2-1-4-22(27)28(36)35(29)20-13-15-26(33)24(31)16-20/h1-16H,17H2. The van der Waals surface area contributed by atoms with Crippen molar-refractivity contribution < 1.29 is 8.78 Å². The lowest BCUT2D eigenvalue weighted by atomic mass is 10.1.